The summed E-state index contributed by atoms with van der Waals surface area (Å²) in [5.74, 6) is -2.37. The van der Waals surface area contributed by atoms with Crippen molar-refractivity contribution in [1.29, 1.82) is 0 Å². The fourth-order valence-electron chi connectivity index (χ4n) is 4.42. The molecule has 0 radical (unpaired) electrons. The SMILES string of the molecule is O=C(N[C@@H](Cc1ccc(-c2ccccc2)cc1)C(=O)O)C1CCCN(S(=O)(=O)c2c(Cl)cccc2Cl)C1. The van der Waals surface area contributed by atoms with Crippen molar-refractivity contribution in [3.63, 3.8) is 0 Å². The van der Waals surface area contributed by atoms with Crippen molar-refractivity contribution in [2.24, 2.45) is 5.92 Å². The third kappa shape index (κ3) is 6.33. The molecular formula is C27H26Cl2N2O5S. The van der Waals surface area contributed by atoms with Gasteiger partial charge >= 0.3 is 5.97 Å². The Morgan fingerprint density at radius 1 is 0.946 bits per heavy atom. The number of rotatable bonds is 8. The maximum absolute atomic E-state index is 13.2. The summed E-state index contributed by atoms with van der Waals surface area (Å²) in [5, 5.41) is 12.4. The topological polar surface area (TPSA) is 104 Å². The number of hydrogen-bond donors (Lipinski definition) is 2. The lowest BCUT2D eigenvalue weighted by Crippen LogP contribution is -2.50. The minimum absolute atomic E-state index is 0.00305. The van der Waals surface area contributed by atoms with Gasteiger partial charge in [-0.2, -0.15) is 4.31 Å². The summed E-state index contributed by atoms with van der Waals surface area (Å²) >= 11 is 12.2. The summed E-state index contributed by atoms with van der Waals surface area (Å²) in [5.41, 5.74) is 2.81. The summed E-state index contributed by atoms with van der Waals surface area (Å²) in [6, 6.07) is 20.6. The smallest absolute Gasteiger partial charge is 0.326 e. The van der Waals surface area contributed by atoms with Crippen LogP contribution < -0.4 is 5.32 Å². The molecule has 194 valence electrons. The highest BCUT2D eigenvalue weighted by Crippen LogP contribution is 2.33. The number of carbonyl (C=O) groups is 2. The molecule has 1 aliphatic heterocycles. The van der Waals surface area contributed by atoms with E-state index in [1.54, 1.807) is 6.07 Å². The van der Waals surface area contributed by atoms with Crippen LogP contribution in [0.2, 0.25) is 10.0 Å². The Balaban J connectivity index is 1.44. The number of carboxylic acids is 1. The minimum Gasteiger partial charge on any atom is -0.480 e. The van der Waals surface area contributed by atoms with Crippen molar-refractivity contribution in [3.05, 3.63) is 88.4 Å². The maximum Gasteiger partial charge on any atom is 0.326 e. The molecule has 3 aromatic carbocycles. The second-order valence-corrected chi connectivity index (χ2v) is 11.6. The van der Waals surface area contributed by atoms with E-state index in [0.29, 0.717) is 12.8 Å². The van der Waals surface area contributed by atoms with Gasteiger partial charge in [0.25, 0.3) is 0 Å². The average Bonchev–Trinajstić information content (AvgIpc) is 2.89. The second kappa shape index (κ2) is 11.6. The third-order valence-corrected chi connectivity index (χ3v) is 9.21. The molecule has 0 saturated carbocycles. The van der Waals surface area contributed by atoms with E-state index in [1.807, 2.05) is 54.6 Å². The quantitative estimate of drug-likeness (QED) is 0.409. The molecule has 3 aromatic rings. The Kier molecular flexibility index (Phi) is 8.54. The zero-order chi connectivity index (χ0) is 26.6. The largest absolute Gasteiger partial charge is 0.480 e. The highest BCUT2D eigenvalue weighted by molar-refractivity contribution is 7.89. The Morgan fingerprint density at radius 3 is 2.19 bits per heavy atom. The van der Waals surface area contributed by atoms with Gasteiger partial charge < -0.3 is 10.4 Å². The normalized spacial score (nSPS) is 17.2. The predicted octanol–water partition coefficient (Wildman–Crippen LogP) is 4.87. The first-order chi connectivity index (χ1) is 17.7. The van der Waals surface area contributed by atoms with E-state index in [9.17, 15) is 23.1 Å². The van der Waals surface area contributed by atoms with E-state index >= 15 is 0 Å². The number of benzene rings is 3. The predicted molar refractivity (Wildman–Crippen MR) is 143 cm³/mol. The number of halogens is 2. The van der Waals surface area contributed by atoms with Crippen LogP contribution in [0, 0.1) is 5.92 Å². The minimum atomic E-state index is -4.04. The summed E-state index contributed by atoms with van der Waals surface area (Å²) < 4.78 is 27.6. The van der Waals surface area contributed by atoms with E-state index in [4.69, 9.17) is 23.2 Å². The number of sulfonamides is 1. The lowest BCUT2D eigenvalue weighted by molar-refractivity contribution is -0.142. The summed E-state index contributed by atoms with van der Waals surface area (Å²) in [4.78, 5) is 24.8. The zero-order valence-electron chi connectivity index (χ0n) is 19.8. The number of hydrogen-bond acceptors (Lipinski definition) is 4. The van der Waals surface area contributed by atoms with E-state index in [0.717, 1.165) is 16.7 Å². The monoisotopic (exact) mass is 560 g/mol. The molecule has 2 atom stereocenters. The molecule has 37 heavy (non-hydrogen) atoms. The van der Waals surface area contributed by atoms with Crippen LogP contribution in [0.3, 0.4) is 0 Å². The molecular weight excluding hydrogens is 535 g/mol. The molecule has 1 heterocycles. The van der Waals surface area contributed by atoms with Crippen LogP contribution in [0.25, 0.3) is 11.1 Å². The first-order valence-electron chi connectivity index (χ1n) is 11.8. The third-order valence-electron chi connectivity index (χ3n) is 6.39. The van der Waals surface area contributed by atoms with Gasteiger partial charge in [0.2, 0.25) is 15.9 Å². The summed E-state index contributed by atoms with van der Waals surface area (Å²) in [6.45, 7) is 0.123. The second-order valence-electron chi connectivity index (χ2n) is 8.92. The average molecular weight is 561 g/mol. The van der Waals surface area contributed by atoms with Crippen molar-refractivity contribution in [3.8, 4) is 11.1 Å². The van der Waals surface area contributed by atoms with Gasteiger partial charge in [-0.3, -0.25) is 4.79 Å². The van der Waals surface area contributed by atoms with Gasteiger partial charge in [0.1, 0.15) is 10.9 Å². The van der Waals surface area contributed by atoms with Crippen molar-refractivity contribution in [1.82, 2.24) is 9.62 Å². The Hall–Kier alpha value is -2.91. The van der Waals surface area contributed by atoms with Crippen LogP contribution in [0.1, 0.15) is 18.4 Å². The number of nitrogens with zero attached hydrogens (tertiary/aromatic N) is 1. The number of carbonyl (C=O) groups excluding carboxylic acids is 1. The fourth-order valence-corrected chi connectivity index (χ4v) is 7.04. The van der Waals surface area contributed by atoms with Crippen molar-refractivity contribution < 1.29 is 23.1 Å². The number of amides is 1. The molecule has 7 nitrogen and oxygen atoms in total. The number of carboxylic acid groups (broad SMARTS) is 1. The van der Waals surface area contributed by atoms with Gasteiger partial charge in [-0.25, -0.2) is 13.2 Å². The molecule has 0 bridgehead atoms. The van der Waals surface area contributed by atoms with Crippen LogP contribution in [0.15, 0.2) is 77.7 Å². The fraction of sp³-hybridized carbons (Fsp3) is 0.259. The standard InChI is InChI=1S/C27H26Cl2N2O5S/c28-22-9-4-10-23(29)25(22)37(35,36)31-15-5-8-21(17-31)26(32)30-24(27(33)34)16-18-11-13-20(14-12-18)19-6-2-1-3-7-19/h1-4,6-7,9-14,21,24H,5,8,15-17H2,(H,30,32)(H,33,34)/t21?,24-/m0/s1. The van der Waals surface area contributed by atoms with Gasteiger partial charge in [0.05, 0.1) is 16.0 Å². The molecule has 0 aliphatic carbocycles. The molecule has 1 aliphatic rings. The van der Waals surface area contributed by atoms with Crippen molar-refractivity contribution >= 4 is 45.1 Å². The molecule has 0 aromatic heterocycles. The Bertz CT molecular complexity index is 1360. The molecule has 1 amide bonds. The first kappa shape index (κ1) is 27.1. The van der Waals surface area contributed by atoms with Gasteiger partial charge in [-0.05, 0) is 41.7 Å². The molecule has 1 fully saturated rings. The molecule has 1 saturated heterocycles. The Labute approximate surface area is 226 Å². The van der Waals surface area contributed by atoms with Crippen molar-refractivity contribution in [2.75, 3.05) is 13.1 Å². The number of nitrogens with one attached hydrogen (secondary N) is 1. The van der Waals surface area contributed by atoms with Gasteiger partial charge in [0.15, 0.2) is 0 Å². The number of piperidine rings is 1. The lowest BCUT2D eigenvalue weighted by atomic mass is 9.97. The van der Waals surface area contributed by atoms with Gasteiger partial charge in [-0.15, -0.1) is 0 Å². The van der Waals surface area contributed by atoms with Crippen LogP contribution in [0.5, 0.6) is 0 Å². The van der Waals surface area contributed by atoms with Crippen LogP contribution in [-0.2, 0) is 26.0 Å². The van der Waals surface area contributed by atoms with Crippen LogP contribution >= 0.6 is 23.2 Å². The highest BCUT2D eigenvalue weighted by atomic mass is 35.5. The summed E-state index contributed by atoms with van der Waals surface area (Å²) in [7, 11) is -4.04. The Morgan fingerprint density at radius 2 is 1.57 bits per heavy atom. The lowest BCUT2D eigenvalue weighted by Gasteiger charge is -2.32. The van der Waals surface area contributed by atoms with E-state index in [2.05, 4.69) is 5.32 Å². The van der Waals surface area contributed by atoms with E-state index in [1.165, 1.54) is 16.4 Å². The zero-order valence-corrected chi connectivity index (χ0v) is 22.1. The van der Waals surface area contributed by atoms with Crippen molar-refractivity contribution in [2.45, 2.75) is 30.2 Å². The first-order valence-corrected chi connectivity index (χ1v) is 14.0. The van der Waals surface area contributed by atoms with E-state index in [-0.39, 0.29) is 34.5 Å². The summed E-state index contributed by atoms with van der Waals surface area (Å²) in [6.07, 6.45) is 0.977. The number of aliphatic carboxylic acids is 1. The molecule has 0 spiro atoms. The maximum atomic E-state index is 13.2. The highest BCUT2D eigenvalue weighted by Gasteiger charge is 2.36. The van der Waals surface area contributed by atoms with Gasteiger partial charge in [0, 0.05) is 19.5 Å². The van der Waals surface area contributed by atoms with Crippen LogP contribution in [-0.4, -0.2) is 48.8 Å². The molecule has 10 heteroatoms. The van der Waals surface area contributed by atoms with Gasteiger partial charge in [-0.1, -0.05) is 83.9 Å². The molecule has 4 rings (SSSR count). The van der Waals surface area contributed by atoms with E-state index < -0.39 is 33.9 Å². The molecule has 2 N–H and O–H groups in total. The van der Waals surface area contributed by atoms with Crippen LogP contribution in [0.4, 0.5) is 0 Å². The molecule has 1 unspecified atom stereocenters.